The maximum Gasteiger partial charge on any atom is 0.344 e. The van der Waals surface area contributed by atoms with E-state index in [-0.39, 0.29) is 12.6 Å². The Bertz CT molecular complexity index is 1460. The van der Waals surface area contributed by atoms with E-state index in [2.05, 4.69) is 86.0 Å². The average Bonchev–Trinajstić information content (AvgIpc) is 3.22. The molecule has 3 aliphatic rings. The predicted octanol–water partition coefficient (Wildman–Crippen LogP) is 7.33. The molecule has 4 nitrogen and oxygen atoms in total. The van der Waals surface area contributed by atoms with Crippen LogP contribution < -0.4 is 4.74 Å². The minimum Gasteiger partial charge on any atom is -0.481 e. The van der Waals surface area contributed by atoms with Gasteiger partial charge in [0.05, 0.1) is 11.0 Å². The van der Waals surface area contributed by atoms with Crippen molar-refractivity contribution in [1.82, 2.24) is 4.57 Å². The van der Waals surface area contributed by atoms with Gasteiger partial charge in [-0.15, -0.1) is 0 Å². The summed E-state index contributed by atoms with van der Waals surface area (Å²) in [5, 5.41) is 2.53. The summed E-state index contributed by atoms with van der Waals surface area (Å²) in [5.74, 6) is 2.20. The second-order valence-electron chi connectivity index (χ2n) is 11.5. The molecule has 1 aromatic heterocycles. The predicted molar refractivity (Wildman–Crippen MR) is 143 cm³/mol. The lowest BCUT2D eigenvalue weighted by atomic mass is 9.53. The SMILES string of the molecule is Cc1cc(-n2c3ccccc3c3ccccc32)cc2c1OCC(=O)OC1(C)C(C)CC3CCCC1C23. The maximum absolute atomic E-state index is 12.9. The number of benzene rings is 3. The quantitative estimate of drug-likeness (QED) is 0.268. The molecule has 0 N–H and O–H groups in total. The molecule has 4 aromatic rings. The number of ether oxygens (including phenoxy) is 2. The van der Waals surface area contributed by atoms with Gasteiger partial charge in [-0.2, -0.15) is 0 Å². The van der Waals surface area contributed by atoms with Crippen LogP contribution >= 0.6 is 0 Å². The summed E-state index contributed by atoms with van der Waals surface area (Å²) in [6.07, 6.45) is 4.61. The van der Waals surface area contributed by atoms with Crippen molar-refractivity contribution in [2.24, 2.45) is 17.8 Å². The number of hydrogen-bond acceptors (Lipinski definition) is 3. The zero-order valence-electron chi connectivity index (χ0n) is 21.3. The van der Waals surface area contributed by atoms with Gasteiger partial charge in [0, 0.05) is 27.9 Å². The molecule has 0 spiro atoms. The molecule has 5 atom stereocenters. The Morgan fingerprint density at radius 2 is 1.67 bits per heavy atom. The lowest BCUT2D eigenvalue weighted by Gasteiger charge is -2.55. The number of rotatable bonds is 1. The van der Waals surface area contributed by atoms with Crippen LogP contribution in [0.1, 0.15) is 56.6 Å². The third-order valence-electron chi connectivity index (χ3n) is 9.56. The van der Waals surface area contributed by atoms with Crippen LogP contribution in [-0.4, -0.2) is 22.7 Å². The van der Waals surface area contributed by atoms with Crippen molar-refractivity contribution in [2.45, 2.75) is 58.0 Å². The fourth-order valence-corrected chi connectivity index (χ4v) is 7.86. The molecule has 4 bridgehead atoms. The highest BCUT2D eigenvalue weighted by Crippen LogP contribution is 2.59. The number of hydrogen-bond donors (Lipinski definition) is 0. The van der Waals surface area contributed by atoms with E-state index in [4.69, 9.17) is 9.47 Å². The monoisotopic (exact) mass is 479 g/mol. The molecule has 2 aliphatic carbocycles. The average molecular weight is 480 g/mol. The first-order valence-corrected chi connectivity index (χ1v) is 13.4. The normalized spacial score (nSPS) is 29.6. The number of esters is 1. The van der Waals surface area contributed by atoms with Gasteiger partial charge in [-0.25, -0.2) is 4.79 Å². The van der Waals surface area contributed by atoms with Crippen molar-refractivity contribution in [2.75, 3.05) is 6.61 Å². The summed E-state index contributed by atoms with van der Waals surface area (Å²) in [7, 11) is 0. The smallest absolute Gasteiger partial charge is 0.344 e. The summed E-state index contributed by atoms with van der Waals surface area (Å²) in [4.78, 5) is 12.9. The Hall–Kier alpha value is -3.27. The van der Waals surface area contributed by atoms with Crippen LogP contribution in [0.4, 0.5) is 0 Å². The van der Waals surface area contributed by atoms with Gasteiger partial charge in [-0.3, -0.25) is 0 Å². The Labute approximate surface area is 212 Å². The Morgan fingerprint density at radius 1 is 0.972 bits per heavy atom. The Morgan fingerprint density at radius 3 is 2.39 bits per heavy atom. The zero-order valence-corrected chi connectivity index (χ0v) is 21.3. The molecule has 0 radical (unpaired) electrons. The molecule has 7 rings (SSSR count). The molecule has 2 saturated carbocycles. The second kappa shape index (κ2) is 7.86. The van der Waals surface area contributed by atoms with Crippen LogP contribution in [0.3, 0.4) is 0 Å². The van der Waals surface area contributed by atoms with Crippen molar-refractivity contribution in [3.8, 4) is 11.4 Å². The fraction of sp³-hybridized carbons (Fsp3) is 0.406. The first kappa shape index (κ1) is 22.0. The van der Waals surface area contributed by atoms with Crippen LogP contribution in [0.2, 0.25) is 0 Å². The van der Waals surface area contributed by atoms with Gasteiger partial charge in [-0.1, -0.05) is 49.7 Å². The molecule has 0 amide bonds. The number of fused-ring (bicyclic) bond motifs is 4. The summed E-state index contributed by atoms with van der Waals surface area (Å²) in [5.41, 5.74) is 5.47. The summed E-state index contributed by atoms with van der Waals surface area (Å²) >= 11 is 0. The van der Waals surface area contributed by atoms with E-state index in [1.165, 1.54) is 40.2 Å². The van der Waals surface area contributed by atoms with E-state index in [9.17, 15) is 4.79 Å². The molecular weight excluding hydrogens is 446 g/mol. The molecule has 36 heavy (non-hydrogen) atoms. The topological polar surface area (TPSA) is 40.5 Å². The Balaban J connectivity index is 1.50. The summed E-state index contributed by atoms with van der Waals surface area (Å²) < 4.78 is 14.9. The molecule has 5 unspecified atom stereocenters. The van der Waals surface area contributed by atoms with Gasteiger partial charge in [0.15, 0.2) is 6.61 Å². The number of para-hydroxylation sites is 2. The molecular formula is C32H33NO3. The largest absolute Gasteiger partial charge is 0.481 e. The molecule has 2 fully saturated rings. The number of carbonyl (C=O) groups excluding carboxylic acids is 1. The van der Waals surface area contributed by atoms with Crippen LogP contribution in [0.25, 0.3) is 27.5 Å². The zero-order chi connectivity index (χ0) is 24.6. The van der Waals surface area contributed by atoms with Crippen LogP contribution in [0, 0.1) is 24.7 Å². The molecule has 184 valence electrons. The molecule has 3 aromatic carbocycles. The van der Waals surface area contributed by atoms with Crippen molar-refractivity contribution in [1.29, 1.82) is 0 Å². The van der Waals surface area contributed by atoms with Crippen LogP contribution in [0.15, 0.2) is 60.7 Å². The van der Waals surface area contributed by atoms with Gasteiger partial charge < -0.3 is 14.0 Å². The van der Waals surface area contributed by atoms with E-state index >= 15 is 0 Å². The second-order valence-corrected chi connectivity index (χ2v) is 11.5. The van der Waals surface area contributed by atoms with E-state index in [0.29, 0.717) is 23.7 Å². The van der Waals surface area contributed by atoms with E-state index in [1.807, 2.05) is 0 Å². The van der Waals surface area contributed by atoms with Crippen molar-refractivity contribution in [3.05, 3.63) is 71.8 Å². The maximum atomic E-state index is 12.9. The molecule has 2 heterocycles. The van der Waals surface area contributed by atoms with Crippen LogP contribution in [0.5, 0.6) is 5.75 Å². The lowest BCUT2D eigenvalue weighted by Crippen LogP contribution is -2.54. The number of aromatic nitrogens is 1. The van der Waals surface area contributed by atoms with Crippen molar-refractivity contribution < 1.29 is 14.3 Å². The van der Waals surface area contributed by atoms with E-state index < -0.39 is 5.60 Å². The molecule has 1 aliphatic heterocycles. The highest BCUT2D eigenvalue weighted by Gasteiger charge is 2.55. The van der Waals surface area contributed by atoms with E-state index in [1.54, 1.807) is 0 Å². The minimum atomic E-state index is -0.458. The number of carbonyl (C=O) groups is 1. The van der Waals surface area contributed by atoms with Gasteiger partial charge in [0.25, 0.3) is 0 Å². The third kappa shape index (κ3) is 3.03. The van der Waals surface area contributed by atoms with Gasteiger partial charge in [0.1, 0.15) is 11.4 Å². The minimum absolute atomic E-state index is 0.0328. The summed E-state index contributed by atoms with van der Waals surface area (Å²) in [6, 6.07) is 21.9. The molecule has 4 heteroatoms. The summed E-state index contributed by atoms with van der Waals surface area (Å²) in [6.45, 7) is 6.55. The fourth-order valence-electron chi connectivity index (χ4n) is 7.86. The third-order valence-corrected chi connectivity index (χ3v) is 9.56. The first-order chi connectivity index (χ1) is 17.5. The van der Waals surface area contributed by atoms with Crippen molar-refractivity contribution in [3.63, 3.8) is 0 Å². The highest BCUT2D eigenvalue weighted by molar-refractivity contribution is 6.09. The lowest BCUT2D eigenvalue weighted by molar-refractivity contribution is -0.186. The Kier molecular flexibility index (Phi) is 4.80. The first-order valence-electron chi connectivity index (χ1n) is 13.4. The number of nitrogens with zero attached hydrogens (tertiary/aromatic N) is 1. The van der Waals surface area contributed by atoms with Crippen LogP contribution in [-0.2, 0) is 9.53 Å². The highest BCUT2D eigenvalue weighted by atomic mass is 16.6. The van der Waals surface area contributed by atoms with Gasteiger partial charge >= 0.3 is 5.97 Å². The standard InChI is InChI=1S/C32H33NO3/c1-19-15-22(33-27-13-6-4-10-23(27)24-11-5-7-14-28(24)33)17-25-30-21-9-8-12-26(30)32(3,20(2)16-21)36-29(34)18-35-31(19)25/h4-7,10-11,13-15,17,20-21,26,30H,8-9,12,16,18H2,1-3H3. The number of aryl methyl sites for hydroxylation is 1. The molecule has 0 saturated heterocycles. The van der Waals surface area contributed by atoms with Crippen molar-refractivity contribution >= 4 is 27.8 Å². The van der Waals surface area contributed by atoms with Gasteiger partial charge in [-0.05, 0) is 80.7 Å². The van der Waals surface area contributed by atoms with E-state index in [0.717, 1.165) is 29.8 Å². The van der Waals surface area contributed by atoms with Gasteiger partial charge in [0.2, 0.25) is 0 Å².